The Morgan fingerprint density at radius 3 is 2.35 bits per heavy atom. The maximum absolute atomic E-state index is 12.7. The molecule has 0 fully saturated rings. The van der Waals surface area contributed by atoms with E-state index >= 15 is 0 Å². The molecule has 2 aromatic rings. The molecule has 3 N–H and O–H groups in total. The lowest BCUT2D eigenvalue weighted by Gasteiger charge is -2.40. The largest absolute Gasteiger partial charge is 0.366 e. The van der Waals surface area contributed by atoms with Gasteiger partial charge in [0.25, 0.3) is 0 Å². The first kappa shape index (κ1) is 14.4. The van der Waals surface area contributed by atoms with Crippen molar-refractivity contribution in [1.82, 2.24) is 14.8 Å². The van der Waals surface area contributed by atoms with Crippen molar-refractivity contribution in [3.63, 3.8) is 0 Å². The smallest absolute Gasteiger partial charge is 0.310 e. The lowest BCUT2D eigenvalue weighted by Crippen LogP contribution is -2.07. The highest BCUT2D eigenvalue weighted by Gasteiger charge is 2.65. The van der Waals surface area contributed by atoms with Gasteiger partial charge in [-0.25, -0.2) is 4.68 Å². The van der Waals surface area contributed by atoms with Crippen molar-refractivity contribution in [2.45, 2.75) is 4.90 Å². The Morgan fingerprint density at radius 1 is 1.20 bits per heavy atom. The molecule has 2 rings (SSSR count). The molecule has 0 amide bonds. The molecule has 0 unspecified atom stereocenters. The average Bonchev–Trinajstić information content (AvgIpc) is 2.55. The summed E-state index contributed by atoms with van der Waals surface area (Å²) >= 11 is 0. The van der Waals surface area contributed by atoms with Crippen LogP contribution >= 0.6 is 10.2 Å². The monoisotopic (exact) mass is 315 g/mol. The molecule has 0 spiro atoms. The first-order valence-electron chi connectivity index (χ1n) is 5.13. The highest BCUT2D eigenvalue weighted by Crippen LogP contribution is 3.02. The van der Waals surface area contributed by atoms with Gasteiger partial charge >= 0.3 is 10.2 Å². The molecule has 0 aliphatic heterocycles. The number of halogens is 5. The molecule has 0 aliphatic rings. The van der Waals surface area contributed by atoms with Gasteiger partial charge in [-0.2, -0.15) is 4.98 Å². The maximum Gasteiger partial charge on any atom is 0.310 e. The fraction of sp³-hybridized carbons (Fsp3) is 0.111. The van der Waals surface area contributed by atoms with Crippen LogP contribution in [0.4, 0.5) is 37.0 Å². The van der Waals surface area contributed by atoms with Crippen LogP contribution in [0.15, 0.2) is 29.2 Å². The Morgan fingerprint density at radius 2 is 1.85 bits per heavy atom. The summed E-state index contributed by atoms with van der Waals surface area (Å²) in [6, 6.07) is 2.69. The summed E-state index contributed by atoms with van der Waals surface area (Å²) in [5.41, 5.74) is 5.09. The zero-order chi connectivity index (χ0) is 15.2. The molecule has 1 heterocycles. The Labute approximate surface area is 110 Å². The number of nitrogens with one attached hydrogen (secondary N) is 1. The van der Waals surface area contributed by atoms with Gasteiger partial charge < -0.3 is 11.1 Å². The molecule has 112 valence electrons. The highest BCUT2D eigenvalue weighted by atomic mass is 32.5. The summed E-state index contributed by atoms with van der Waals surface area (Å²) in [6.07, 6.45) is 0. The molecule has 11 heteroatoms. The van der Waals surface area contributed by atoms with E-state index in [0.717, 1.165) is 6.07 Å². The average molecular weight is 315 g/mol. The molecule has 1 aromatic carbocycles. The second-order valence-corrected chi connectivity index (χ2v) is 6.45. The first-order chi connectivity index (χ1) is 8.85. The molecule has 5 nitrogen and oxygen atoms in total. The van der Waals surface area contributed by atoms with Crippen molar-refractivity contribution >= 4 is 27.8 Å². The van der Waals surface area contributed by atoms with E-state index in [1.165, 1.54) is 17.8 Å². The number of nitrogens with two attached hydrogens (primary N) is 1. The van der Waals surface area contributed by atoms with Gasteiger partial charge in [-0.3, -0.25) is 0 Å². The lowest BCUT2D eigenvalue weighted by molar-refractivity contribution is 0.364. The molecule has 0 aliphatic carbocycles. The summed E-state index contributed by atoms with van der Waals surface area (Å²) in [5.74, 6) is -0.0688. The third-order valence-electron chi connectivity index (χ3n) is 2.32. The Bertz CT molecular complexity index is 665. The summed E-state index contributed by atoms with van der Waals surface area (Å²) in [7, 11) is -8.26. The normalized spacial score (nSPS) is 15.5. The zero-order valence-electron chi connectivity index (χ0n) is 10.0. The topological polar surface area (TPSA) is 68.8 Å². The summed E-state index contributed by atoms with van der Waals surface area (Å²) in [5, 5.41) is 6.10. The van der Waals surface area contributed by atoms with Gasteiger partial charge in [0.1, 0.15) is 4.90 Å². The van der Waals surface area contributed by atoms with Crippen molar-refractivity contribution in [3.8, 4) is 0 Å². The van der Waals surface area contributed by atoms with Crippen LogP contribution in [0, 0.1) is 0 Å². The molecule has 1 aromatic heterocycles. The summed E-state index contributed by atoms with van der Waals surface area (Å²) in [6.45, 7) is 0. The van der Waals surface area contributed by atoms with Crippen LogP contribution in [0.25, 0.3) is 0 Å². The third-order valence-corrected chi connectivity index (χ3v) is 3.46. The van der Waals surface area contributed by atoms with Gasteiger partial charge in [0.15, 0.2) is 0 Å². The van der Waals surface area contributed by atoms with Gasteiger partial charge in [0.05, 0.1) is 0 Å². The van der Waals surface area contributed by atoms with Crippen LogP contribution in [0.3, 0.4) is 0 Å². The number of aromatic nitrogens is 3. The number of rotatable bonds is 3. The molecule has 0 bridgehead atoms. The van der Waals surface area contributed by atoms with E-state index in [9.17, 15) is 19.4 Å². The van der Waals surface area contributed by atoms with Crippen LogP contribution in [0.2, 0.25) is 0 Å². The third kappa shape index (κ3) is 3.10. The predicted octanol–water partition coefficient (Wildman–Crippen LogP) is 3.80. The fourth-order valence-corrected chi connectivity index (χ4v) is 2.14. The minimum absolute atomic E-state index is 0.0295. The molecular formula is C9H10F5N5S. The van der Waals surface area contributed by atoms with Crippen LogP contribution in [-0.2, 0) is 7.05 Å². The number of nitrogens with zero attached hydrogens (tertiary/aromatic N) is 3. The summed E-state index contributed by atoms with van der Waals surface area (Å²) in [4.78, 5) is 1.71. The van der Waals surface area contributed by atoms with Crippen LogP contribution in [-0.4, -0.2) is 14.8 Å². The Kier molecular flexibility index (Phi) is 2.54. The van der Waals surface area contributed by atoms with E-state index in [1.54, 1.807) is 0 Å². The van der Waals surface area contributed by atoms with Crippen molar-refractivity contribution in [1.29, 1.82) is 0 Å². The number of hydrogen-bond donors (Lipinski definition) is 2. The number of benzene rings is 1. The second-order valence-electron chi connectivity index (χ2n) is 4.04. The van der Waals surface area contributed by atoms with Crippen molar-refractivity contribution in [3.05, 3.63) is 24.3 Å². The van der Waals surface area contributed by atoms with Crippen molar-refractivity contribution in [2.24, 2.45) is 7.05 Å². The van der Waals surface area contributed by atoms with Crippen LogP contribution in [0.1, 0.15) is 0 Å². The van der Waals surface area contributed by atoms with Gasteiger partial charge in [-0.15, -0.1) is 5.10 Å². The van der Waals surface area contributed by atoms with Gasteiger partial charge in [0, 0.05) is 12.7 Å². The van der Waals surface area contributed by atoms with E-state index < -0.39 is 15.1 Å². The van der Waals surface area contributed by atoms with Crippen LogP contribution in [0.5, 0.6) is 0 Å². The molecule has 0 saturated carbocycles. The van der Waals surface area contributed by atoms with E-state index in [1.807, 2.05) is 0 Å². The SMILES string of the molecule is Cn1nc(N)nc1Nc1cccc(S(F)(F)(F)(F)F)c1. The molecule has 0 atom stereocenters. The second kappa shape index (κ2) is 3.53. The van der Waals surface area contributed by atoms with E-state index in [4.69, 9.17) is 5.73 Å². The molecule has 0 saturated heterocycles. The first-order valence-corrected chi connectivity index (χ1v) is 7.08. The number of nitrogen functional groups attached to an aromatic ring is 1. The van der Waals surface area contributed by atoms with E-state index in [2.05, 4.69) is 15.4 Å². The minimum Gasteiger partial charge on any atom is -0.366 e. The highest BCUT2D eigenvalue weighted by molar-refractivity contribution is 8.45. The molecule has 20 heavy (non-hydrogen) atoms. The minimum atomic E-state index is -9.71. The fourth-order valence-electron chi connectivity index (χ4n) is 1.46. The molecular weight excluding hydrogens is 305 g/mol. The molecule has 0 radical (unpaired) electrons. The van der Waals surface area contributed by atoms with Gasteiger partial charge in [0.2, 0.25) is 11.9 Å². The number of hydrogen-bond acceptors (Lipinski definition) is 4. The Hall–Kier alpha value is -2.04. The maximum atomic E-state index is 12.7. The number of anilines is 3. The van der Waals surface area contributed by atoms with Crippen molar-refractivity contribution < 1.29 is 19.4 Å². The Balaban J connectivity index is 2.40. The van der Waals surface area contributed by atoms with E-state index in [-0.39, 0.29) is 17.6 Å². The predicted molar refractivity (Wildman–Crippen MR) is 66.5 cm³/mol. The van der Waals surface area contributed by atoms with Crippen molar-refractivity contribution in [2.75, 3.05) is 11.1 Å². The summed E-state index contributed by atoms with van der Waals surface area (Å²) < 4.78 is 64.5. The zero-order valence-corrected chi connectivity index (χ0v) is 10.8. The van der Waals surface area contributed by atoms with Crippen LogP contribution < -0.4 is 11.1 Å². The quantitative estimate of drug-likeness (QED) is 0.845. The number of aryl methyl sites for hydroxylation is 1. The standard InChI is InChI=1S/C9H10F5N5S/c1-19-9(17-8(15)18-19)16-6-3-2-4-7(5-6)20(10,11,12,13)14/h2-5H,1H3,(H3,15,16,17,18). The van der Waals surface area contributed by atoms with Gasteiger partial charge in [-0.05, 0) is 18.2 Å². The lowest BCUT2D eigenvalue weighted by atomic mass is 10.3. The van der Waals surface area contributed by atoms with Gasteiger partial charge in [-0.1, -0.05) is 25.5 Å². The van der Waals surface area contributed by atoms with E-state index in [0.29, 0.717) is 12.1 Å².